The Morgan fingerprint density at radius 3 is 1.76 bits per heavy atom. The van der Waals surface area contributed by atoms with E-state index in [1.807, 2.05) is 13.0 Å². The molecule has 0 aliphatic carbocycles. The number of rotatable bonds is 5. The Kier molecular flexibility index (Phi) is 32.4. The maximum absolute atomic E-state index is 13.5. The third kappa shape index (κ3) is 23.9. The Labute approximate surface area is 490 Å². The number of carbonyl (C=O) groups is 2. The summed E-state index contributed by atoms with van der Waals surface area (Å²) in [7, 11) is 0. The standard InChI is InChI=1S/C61H104O22/c1-31-14-10-11-18-45(68)36(6)55(74)32(2)15-12-16-34(4)60(79)81-49(39(9)50-22-23-53(72)80-50)19-13-17-40(63)25-41(64)27-46(69)37(7)56(75)38(8)47(70)28-42(65)26-43(66)29-48(71)51(24-35(5)54(73)33(3)20-21-44(31)67)82-61-59(78)58(77)57(76)52(30-62)83-61/h10,13-14,16-17,20-21,24,31-33,36-52,54-59,61-71,73-78H,11-12,15,18-19,22-23,25-30H2,1-9H3/b14-10+,17-13-,21-20+,34-16+,35-24+/t31?,32?,33?,36?,37?,38?,39?,40?,41?,42?,43?,44?,45?,46?,47?,48?,49?,50?,51?,52-,54?,55?,56?,57-,58+,59+,61+/m1/s1. The Bertz CT molecular complexity index is 2050. The van der Waals surface area contributed by atoms with Gasteiger partial charge in [-0.25, -0.2) is 4.79 Å². The van der Waals surface area contributed by atoms with Gasteiger partial charge in [-0.15, -0.1) is 0 Å². The van der Waals surface area contributed by atoms with Crippen molar-refractivity contribution >= 4 is 11.9 Å². The summed E-state index contributed by atoms with van der Waals surface area (Å²) in [5.74, 6) is -5.08. The highest BCUT2D eigenvalue weighted by molar-refractivity contribution is 5.87. The van der Waals surface area contributed by atoms with Gasteiger partial charge in [0.2, 0.25) is 0 Å². The molecule has 2 fully saturated rings. The molecule has 3 rings (SSSR count). The molecule has 0 radical (unpaired) electrons. The van der Waals surface area contributed by atoms with Crippen LogP contribution in [0.3, 0.4) is 0 Å². The van der Waals surface area contributed by atoms with Crippen LogP contribution in [0.1, 0.15) is 139 Å². The predicted molar refractivity (Wildman–Crippen MR) is 305 cm³/mol. The molecule has 3 heterocycles. The van der Waals surface area contributed by atoms with Gasteiger partial charge in [0.15, 0.2) is 6.29 Å². The molecule has 0 bridgehead atoms. The maximum Gasteiger partial charge on any atom is 0.333 e. The number of allylic oxidation sites excluding steroid dienone is 2. The van der Waals surface area contributed by atoms with Crippen LogP contribution in [-0.2, 0) is 28.5 Å². The Hall–Kier alpha value is -3.08. The normalized spacial score (nSPS) is 45.6. The highest BCUT2D eigenvalue weighted by Crippen LogP contribution is 2.31. The molecule has 22 heteroatoms. The minimum absolute atomic E-state index is 0.118. The van der Waals surface area contributed by atoms with Crippen LogP contribution in [0.25, 0.3) is 0 Å². The first-order chi connectivity index (χ1) is 38.9. The Morgan fingerprint density at radius 1 is 0.578 bits per heavy atom. The van der Waals surface area contributed by atoms with E-state index >= 15 is 0 Å². The minimum atomic E-state index is -1.88. The molecular weight excluding hydrogens is 1080 g/mol. The van der Waals surface area contributed by atoms with Crippen molar-refractivity contribution in [2.24, 2.45) is 41.4 Å². The first kappa shape index (κ1) is 74.2. The van der Waals surface area contributed by atoms with E-state index in [-0.39, 0.29) is 49.6 Å². The molecule has 0 aromatic heterocycles. The molecule has 0 aromatic rings. The zero-order chi connectivity index (χ0) is 62.6. The van der Waals surface area contributed by atoms with E-state index in [1.54, 1.807) is 58.9 Å². The Balaban J connectivity index is 1.88. The van der Waals surface area contributed by atoms with Gasteiger partial charge in [-0.05, 0) is 76.7 Å². The molecule has 16 N–H and O–H groups in total. The number of hydrogen-bond donors (Lipinski definition) is 16. The van der Waals surface area contributed by atoms with E-state index in [9.17, 15) is 91.3 Å². The molecule has 3 aliphatic rings. The molecular formula is C61H104O22. The summed E-state index contributed by atoms with van der Waals surface area (Å²) in [5.41, 5.74) is 0.540. The minimum Gasteiger partial charge on any atom is -0.462 e. The van der Waals surface area contributed by atoms with Crippen molar-refractivity contribution < 1.29 is 110 Å². The fourth-order valence-electron chi connectivity index (χ4n) is 10.9. The summed E-state index contributed by atoms with van der Waals surface area (Å²) < 4.78 is 22.9. The zero-order valence-corrected chi connectivity index (χ0v) is 50.0. The second kappa shape index (κ2) is 36.3. The lowest BCUT2D eigenvalue weighted by Gasteiger charge is -2.41. The SMILES string of the molecule is C/C1=C\CCC(C)C(O)C(C)C(O)CC/C=C/C(C)C(O)/C=C/C(C)C(O)/C(C)=C/C(O[C@H]2O[C@H](CO)[C@@H](O)[C@H](O)[C@@H]2O)C(O)CC(O)CC(O)CC(O)C(C)C(O)C(C)C(O)CC(O)CC(O)/C=C\CC(C(C)C2CCC(=O)O2)OC1=O. The van der Waals surface area contributed by atoms with Crippen LogP contribution in [-0.4, -0.2) is 223 Å². The van der Waals surface area contributed by atoms with Crippen molar-refractivity contribution in [1.29, 1.82) is 0 Å². The second-order valence-electron chi connectivity index (χ2n) is 24.3. The van der Waals surface area contributed by atoms with E-state index in [2.05, 4.69) is 0 Å². The van der Waals surface area contributed by atoms with Crippen molar-refractivity contribution in [2.75, 3.05) is 6.61 Å². The van der Waals surface area contributed by atoms with Crippen molar-refractivity contribution in [3.8, 4) is 0 Å². The first-order valence-electron chi connectivity index (χ1n) is 29.8. The number of hydrogen-bond acceptors (Lipinski definition) is 22. The molecule has 0 saturated carbocycles. The first-order valence-corrected chi connectivity index (χ1v) is 29.8. The number of cyclic esters (lactones) is 2. The van der Waals surface area contributed by atoms with Gasteiger partial charge in [-0.3, -0.25) is 4.79 Å². The molecule has 0 aromatic carbocycles. The maximum atomic E-state index is 13.5. The van der Waals surface area contributed by atoms with E-state index in [0.29, 0.717) is 37.7 Å². The predicted octanol–water partition coefficient (Wildman–Crippen LogP) is 1.05. The van der Waals surface area contributed by atoms with E-state index in [1.165, 1.54) is 39.0 Å². The van der Waals surface area contributed by atoms with Crippen molar-refractivity contribution in [3.05, 3.63) is 59.8 Å². The summed E-state index contributed by atoms with van der Waals surface area (Å²) in [4.78, 5) is 25.5. The summed E-state index contributed by atoms with van der Waals surface area (Å²) in [5, 5.41) is 175. The molecule has 2 saturated heterocycles. The fourth-order valence-corrected chi connectivity index (χ4v) is 10.9. The Morgan fingerprint density at radius 2 is 1.17 bits per heavy atom. The van der Waals surface area contributed by atoms with Crippen LogP contribution in [0.5, 0.6) is 0 Å². The van der Waals surface area contributed by atoms with Gasteiger partial charge in [-0.2, -0.15) is 0 Å². The van der Waals surface area contributed by atoms with Gasteiger partial charge in [-0.1, -0.05) is 97.1 Å². The average molecular weight is 1190 g/mol. The van der Waals surface area contributed by atoms with Crippen molar-refractivity contribution in [2.45, 2.75) is 262 Å². The van der Waals surface area contributed by atoms with Crippen LogP contribution < -0.4 is 0 Å². The molecule has 22 unspecified atom stereocenters. The summed E-state index contributed by atoms with van der Waals surface area (Å²) in [6.07, 6.45) is -13.0. The van der Waals surface area contributed by atoms with Crippen LogP contribution in [0.2, 0.25) is 0 Å². The van der Waals surface area contributed by atoms with Gasteiger partial charge < -0.3 is 101 Å². The molecule has 3 aliphatic heterocycles. The number of esters is 2. The van der Waals surface area contributed by atoms with Gasteiger partial charge in [0.05, 0.1) is 79.9 Å². The van der Waals surface area contributed by atoms with Gasteiger partial charge in [0, 0.05) is 66.8 Å². The van der Waals surface area contributed by atoms with Crippen molar-refractivity contribution in [1.82, 2.24) is 0 Å². The summed E-state index contributed by atoms with van der Waals surface area (Å²) in [6.45, 7) is 14.2. The molecule has 0 amide bonds. The number of aliphatic hydroxyl groups excluding tert-OH is 16. The van der Waals surface area contributed by atoms with Crippen molar-refractivity contribution in [3.63, 3.8) is 0 Å². The van der Waals surface area contributed by atoms with E-state index in [0.717, 1.165) is 0 Å². The lowest BCUT2D eigenvalue weighted by atomic mass is 9.82. The van der Waals surface area contributed by atoms with Gasteiger partial charge in [0.25, 0.3) is 0 Å². The summed E-state index contributed by atoms with van der Waals surface area (Å²) >= 11 is 0. The molecule has 27 atom stereocenters. The molecule has 22 nitrogen and oxygen atoms in total. The van der Waals surface area contributed by atoms with E-state index < -0.39 is 183 Å². The lowest BCUT2D eigenvalue weighted by Crippen LogP contribution is -2.60. The topological polar surface area (TPSA) is 395 Å². The highest BCUT2D eigenvalue weighted by Gasteiger charge is 2.46. The van der Waals surface area contributed by atoms with Crippen LogP contribution >= 0.6 is 0 Å². The fraction of sp³-hybridized carbons (Fsp3) is 0.803. The monoisotopic (exact) mass is 1190 g/mol. The van der Waals surface area contributed by atoms with Crippen LogP contribution in [0.4, 0.5) is 0 Å². The zero-order valence-electron chi connectivity index (χ0n) is 50.0. The van der Waals surface area contributed by atoms with Crippen LogP contribution in [0.15, 0.2) is 59.8 Å². The van der Waals surface area contributed by atoms with Gasteiger partial charge in [0.1, 0.15) is 42.7 Å². The number of ether oxygens (including phenoxy) is 4. The average Bonchev–Trinajstić information content (AvgIpc) is 4.00. The van der Waals surface area contributed by atoms with Crippen LogP contribution in [0, 0.1) is 41.4 Å². The summed E-state index contributed by atoms with van der Waals surface area (Å²) in [6, 6.07) is 0. The quantitative estimate of drug-likeness (QED) is 0.135. The molecule has 83 heavy (non-hydrogen) atoms. The van der Waals surface area contributed by atoms with E-state index in [4.69, 9.17) is 18.9 Å². The third-order valence-corrected chi connectivity index (χ3v) is 17.2. The largest absolute Gasteiger partial charge is 0.462 e. The second-order valence-corrected chi connectivity index (χ2v) is 24.3. The number of carbonyl (C=O) groups excluding carboxylic acids is 2. The molecule has 0 spiro atoms. The van der Waals surface area contributed by atoms with Gasteiger partial charge >= 0.3 is 11.9 Å². The number of aliphatic hydroxyl groups is 16. The smallest absolute Gasteiger partial charge is 0.333 e. The molecule has 480 valence electrons. The highest BCUT2D eigenvalue weighted by atomic mass is 16.7. The lowest BCUT2D eigenvalue weighted by molar-refractivity contribution is -0.313. The third-order valence-electron chi connectivity index (χ3n) is 17.2.